The van der Waals surface area contributed by atoms with Gasteiger partial charge in [0.05, 0.1) is 36.6 Å². The van der Waals surface area contributed by atoms with Crippen molar-refractivity contribution in [2.75, 3.05) is 50.0 Å². The van der Waals surface area contributed by atoms with Crippen molar-refractivity contribution < 1.29 is 22.7 Å². The first-order valence-electron chi connectivity index (χ1n) is 14.0. The summed E-state index contributed by atoms with van der Waals surface area (Å²) in [5.74, 6) is 0.996. The molecule has 0 spiro atoms. The van der Waals surface area contributed by atoms with Crippen LogP contribution in [-0.4, -0.2) is 69.8 Å². The van der Waals surface area contributed by atoms with E-state index in [1.807, 2.05) is 53.4 Å². The van der Waals surface area contributed by atoms with Gasteiger partial charge in [0.25, 0.3) is 0 Å². The largest absolute Gasteiger partial charge is 0.489 e. The molecule has 2 aliphatic heterocycles. The van der Waals surface area contributed by atoms with E-state index in [2.05, 4.69) is 17.0 Å². The number of sulfonamides is 1. The molecule has 3 aromatic rings. The highest BCUT2D eigenvalue weighted by molar-refractivity contribution is 7.92. The molecule has 0 saturated carbocycles. The molecule has 0 atom stereocenters. The monoisotopic (exact) mass is 597 g/mol. The van der Waals surface area contributed by atoms with E-state index < -0.39 is 10.0 Å². The Labute approximate surface area is 247 Å². The van der Waals surface area contributed by atoms with Crippen molar-refractivity contribution in [3.8, 4) is 11.5 Å². The summed E-state index contributed by atoms with van der Waals surface area (Å²) in [6.45, 7) is 4.28. The van der Waals surface area contributed by atoms with Crippen LogP contribution in [0.2, 0.25) is 5.02 Å². The number of halogens is 1. The Morgan fingerprint density at radius 1 is 0.878 bits per heavy atom. The molecule has 0 fully saturated rings. The van der Waals surface area contributed by atoms with E-state index in [-0.39, 0.29) is 12.3 Å². The minimum absolute atomic E-state index is 0.0739. The van der Waals surface area contributed by atoms with Crippen LogP contribution in [-0.2, 0) is 34.3 Å². The Morgan fingerprint density at radius 3 is 2.44 bits per heavy atom. The highest BCUT2D eigenvalue weighted by Gasteiger charge is 2.25. The molecule has 0 saturated heterocycles. The SMILES string of the molecule is CS(=O)(=O)N1CCCN(Cc2ccccc2)CCN(C(=O)Cc2cc(Cl)c3c(c2)OCCCO3)Cc2ccccc21. The van der Waals surface area contributed by atoms with Gasteiger partial charge in [-0.2, -0.15) is 0 Å². The summed E-state index contributed by atoms with van der Waals surface area (Å²) in [6, 6.07) is 21.2. The predicted molar refractivity (Wildman–Crippen MR) is 161 cm³/mol. The van der Waals surface area contributed by atoms with Crippen LogP contribution in [0.1, 0.15) is 29.5 Å². The van der Waals surface area contributed by atoms with Crippen LogP contribution in [0.5, 0.6) is 11.5 Å². The van der Waals surface area contributed by atoms with Gasteiger partial charge in [0, 0.05) is 45.7 Å². The zero-order valence-electron chi connectivity index (χ0n) is 23.3. The fourth-order valence-corrected chi connectivity index (χ4v) is 6.62. The zero-order valence-corrected chi connectivity index (χ0v) is 24.9. The van der Waals surface area contributed by atoms with Crippen LogP contribution in [0, 0.1) is 0 Å². The Morgan fingerprint density at radius 2 is 1.63 bits per heavy atom. The van der Waals surface area contributed by atoms with Crippen LogP contribution in [0.15, 0.2) is 66.7 Å². The van der Waals surface area contributed by atoms with Gasteiger partial charge in [-0.25, -0.2) is 8.42 Å². The number of carbonyl (C=O) groups excluding carboxylic acids is 1. The minimum Gasteiger partial charge on any atom is -0.489 e. The fraction of sp³-hybridized carbons (Fsp3) is 0.387. The lowest BCUT2D eigenvalue weighted by Gasteiger charge is -2.28. The molecule has 2 aliphatic rings. The van der Waals surface area contributed by atoms with E-state index in [1.54, 1.807) is 6.07 Å². The van der Waals surface area contributed by atoms with Crippen molar-refractivity contribution in [2.45, 2.75) is 32.4 Å². The number of nitrogens with zero attached hydrogens (tertiary/aromatic N) is 3. The summed E-state index contributed by atoms with van der Waals surface area (Å²) < 4.78 is 38.9. The number of amides is 1. The average molecular weight is 598 g/mol. The summed E-state index contributed by atoms with van der Waals surface area (Å²) in [6.07, 6.45) is 2.79. The van der Waals surface area contributed by atoms with Gasteiger partial charge in [-0.1, -0.05) is 60.1 Å². The molecule has 10 heteroatoms. The third-order valence-corrected chi connectivity index (χ3v) is 8.82. The zero-order chi connectivity index (χ0) is 28.8. The summed E-state index contributed by atoms with van der Waals surface area (Å²) in [5, 5.41) is 0.424. The molecule has 0 aliphatic carbocycles. The van der Waals surface area contributed by atoms with Crippen molar-refractivity contribution in [3.63, 3.8) is 0 Å². The normalized spacial score (nSPS) is 16.8. The second-order valence-corrected chi connectivity index (χ2v) is 12.8. The molecule has 0 radical (unpaired) electrons. The number of fused-ring (bicyclic) bond motifs is 2. The summed E-state index contributed by atoms with van der Waals surface area (Å²) in [4.78, 5) is 18.0. The first-order chi connectivity index (χ1) is 19.8. The molecular weight excluding hydrogens is 562 g/mol. The highest BCUT2D eigenvalue weighted by Crippen LogP contribution is 2.38. The van der Waals surface area contributed by atoms with E-state index in [0.717, 1.165) is 17.5 Å². The minimum atomic E-state index is -3.53. The number of ether oxygens (including phenoxy) is 2. The molecule has 218 valence electrons. The van der Waals surface area contributed by atoms with Gasteiger partial charge in [0.15, 0.2) is 11.5 Å². The van der Waals surface area contributed by atoms with Crippen molar-refractivity contribution in [1.82, 2.24) is 9.80 Å². The summed E-state index contributed by atoms with van der Waals surface area (Å²) >= 11 is 6.52. The molecule has 1 amide bonds. The maximum absolute atomic E-state index is 13.9. The van der Waals surface area contributed by atoms with Gasteiger partial charge in [-0.15, -0.1) is 0 Å². The quantitative estimate of drug-likeness (QED) is 0.423. The van der Waals surface area contributed by atoms with Gasteiger partial charge in [-0.05, 0) is 41.3 Å². The first-order valence-corrected chi connectivity index (χ1v) is 16.2. The molecule has 0 unspecified atom stereocenters. The van der Waals surface area contributed by atoms with Gasteiger partial charge in [0.1, 0.15) is 0 Å². The van der Waals surface area contributed by atoms with Gasteiger partial charge in [-0.3, -0.25) is 14.0 Å². The Kier molecular flexibility index (Phi) is 9.37. The van der Waals surface area contributed by atoms with Gasteiger partial charge < -0.3 is 14.4 Å². The van der Waals surface area contributed by atoms with Gasteiger partial charge in [0.2, 0.25) is 15.9 Å². The smallest absolute Gasteiger partial charge is 0.232 e. The number of rotatable bonds is 5. The number of benzene rings is 3. The predicted octanol–water partition coefficient (Wildman–Crippen LogP) is 4.74. The molecule has 0 bridgehead atoms. The molecule has 3 aromatic carbocycles. The van der Waals surface area contributed by atoms with E-state index in [1.165, 1.54) is 16.1 Å². The number of hydrogen-bond acceptors (Lipinski definition) is 6. The topological polar surface area (TPSA) is 79.4 Å². The molecule has 41 heavy (non-hydrogen) atoms. The molecule has 2 heterocycles. The number of carbonyl (C=O) groups is 1. The molecule has 0 N–H and O–H groups in total. The third-order valence-electron chi connectivity index (χ3n) is 7.36. The lowest BCUT2D eigenvalue weighted by Crippen LogP contribution is -2.39. The van der Waals surface area contributed by atoms with Crippen molar-refractivity contribution >= 4 is 33.2 Å². The second kappa shape index (κ2) is 13.1. The van der Waals surface area contributed by atoms with Crippen LogP contribution in [0.25, 0.3) is 0 Å². The van der Waals surface area contributed by atoms with E-state index >= 15 is 0 Å². The Bertz CT molecular complexity index is 1470. The average Bonchev–Trinajstić information content (AvgIpc) is 3.20. The maximum Gasteiger partial charge on any atom is 0.232 e. The molecule has 0 aromatic heterocycles. The van der Waals surface area contributed by atoms with Crippen molar-refractivity contribution in [2.24, 2.45) is 0 Å². The number of hydrogen-bond donors (Lipinski definition) is 0. The third kappa shape index (κ3) is 7.52. The standard InChI is InChI=1S/C31H36ClN3O5S/c1-41(37,38)35-14-7-13-33(22-24-9-3-2-4-10-24)15-16-34(23-26-11-5-6-12-28(26)35)30(36)21-25-19-27(32)31-29(20-25)39-17-8-18-40-31/h2-6,9-12,19-20H,7-8,13-18,21-23H2,1H3. The molecule has 5 rings (SSSR count). The fourth-order valence-electron chi connectivity index (χ4n) is 5.33. The van der Waals surface area contributed by atoms with E-state index in [4.69, 9.17) is 21.1 Å². The van der Waals surface area contributed by atoms with E-state index in [0.29, 0.717) is 81.1 Å². The summed E-state index contributed by atoms with van der Waals surface area (Å²) in [5.41, 5.74) is 3.32. The maximum atomic E-state index is 13.9. The van der Waals surface area contributed by atoms with Crippen LogP contribution in [0.4, 0.5) is 5.69 Å². The van der Waals surface area contributed by atoms with Crippen LogP contribution in [0.3, 0.4) is 0 Å². The Hall–Kier alpha value is -3.27. The molecule has 8 nitrogen and oxygen atoms in total. The summed E-state index contributed by atoms with van der Waals surface area (Å²) in [7, 11) is -3.53. The van der Waals surface area contributed by atoms with Crippen molar-refractivity contribution in [3.05, 3.63) is 88.4 Å². The lowest BCUT2D eigenvalue weighted by atomic mass is 10.1. The highest BCUT2D eigenvalue weighted by atomic mass is 35.5. The lowest BCUT2D eigenvalue weighted by molar-refractivity contribution is -0.131. The van der Waals surface area contributed by atoms with Crippen molar-refractivity contribution in [1.29, 1.82) is 0 Å². The Balaban J connectivity index is 1.44. The first kappa shape index (κ1) is 29.2. The van der Waals surface area contributed by atoms with E-state index in [9.17, 15) is 13.2 Å². The van der Waals surface area contributed by atoms with Gasteiger partial charge >= 0.3 is 0 Å². The number of anilines is 1. The number of para-hydroxylation sites is 1. The van der Waals surface area contributed by atoms with Crippen LogP contribution >= 0.6 is 11.6 Å². The van der Waals surface area contributed by atoms with Crippen LogP contribution < -0.4 is 13.8 Å². The second-order valence-electron chi connectivity index (χ2n) is 10.5. The molecular formula is C31H36ClN3O5S.